The van der Waals surface area contributed by atoms with E-state index in [1.807, 2.05) is 11.0 Å². The van der Waals surface area contributed by atoms with Crippen LogP contribution in [0, 0.1) is 11.3 Å². The predicted molar refractivity (Wildman–Crippen MR) is 103 cm³/mol. The van der Waals surface area contributed by atoms with E-state index in [-0.39, 0.29) is 17.7 Å². The molecular formula is C21H21F2N3O3. The molecule has 2 aromatic rings. The van der Waals surface area contributed by atoms with Crippen LogP contribution in [0.4, 0.5) is 14.5 Å². The van der Waals surface area contributed by atoms with Gasteiger partial charge in [0.25, 0.3) is 5.91 Å². The van der Waals surface area contributed by atoms with Crippen molar-refractivity contribution in [3.8, 4) is 17.6 Å². The highest BCUT2D eigenvalue weighted by Crippen LogP contribution is 2.31. The summed E-state index contributed by atoms with van der Waals surface area (Å²) < 4.78 is 35.5. The Bertz CT molecular complexity index is 883. The predicted octanol–water partition coefficient (Wildman–Crippen LogP) is 3.32. The van der Waals surface area contributed by atoms with Crippen LogP contribution in [-0.4, -0.2) is 37.8 Å². The van der Waals surface area contributed by atoms with Gasteiger partial charge in [-0.3, -0.25) is 4.79 Å². The minimum absolute atomic E-state index is 0.118. The number of ether oxygens (including phenoxy) is 2. The number of carbonyl (C=O) groups excluding carboxylic acids is 1. The number of para-hydroxylation sites is 2. The Morgan fingerprint density at radius 2 is 1.93 bits per heavy atom. The largest absolute Gasteiger partial charge is 0.481 e. The number of alkyl halides is 2. The van der Waals surface area contributed by atoms with Gasteiger partial charge in [0.2, 0.25) is 0 Å². The Kier molecular flexibility index (Phi) is 6.50. The smallest absolute Gasteiger partial charge is 0.387 e. The molecule has 6 nitrogen and oxygen atoms in total. The van der Waals surface area contributed by atoms with Gasteiger partial charge >= 0.3 is 6.61 Å². The van der Waals surface area contributed by atoms with Crippen LogP contribution in [0.25, 0.3) is 0 Å². The Morgan fingerprint density at radius 1 is 1.21 bits per heavy atom. The summed E-state index contributed by atoms with van der Waals surface area (Å²) >= 11 is 0. The summed E-state index contributed by atoms with van der Waals surface area (Å²) in [5.74, 6) is 0.350. The minimum Gasteiger partial charge on any atom is -0.481 e. The number of benzene rings is 2. The molecule has 0 aromatic heterocycles. The summed E-state index contributed by atoms with van der Waals surface area (Å²) in [6, 6.07) is 15.0. The van der Waals surface area contributed by atoms with E-state index in [1.54, 1.807) is 49.4 Å². The van der Waals surface area contributed by atoms with Crippen LogP contribution in [-0.2, 0) is 4.79 Å². The first-order valence-electron chi connectivity index (χ1n) is 9.22. The Hall–Kier alpha value is -3.34. The second-order valence-electron chi connectivity index (χ2n) is 6.68. The molecular weight excluding hydrogens is 380 g/mol. The van der Waals surface area contributed by atoms with Crippen molar-refractivity contribution in [1.82, 2.24) is 5.32 Å². The second kappa shape index (κ2) is 9.24. The van der Waals surface area contributed by atoms with E-state index in [0.29, 0.717) is 36.5 Å². The summed E-state index contributed by atoms with van der Waals surface area (Å²) in [6.45, 7) is -0.154. The van der Waals surface area contributed by atoms with Crippen molar-refractivity contribution in [3.63, 3.8) is 0 Å². The molecule has 1 amide bonds. The number of anilines is 1. The van der Waals surface area contributed by atoms with E-state index >= 15 is 0 Å². The molecule has 1 aliphatic heterocycles. The maximum atomic E-state index is 12.6. The normalized spacial score (nSPS) is 16.9. The fourth-order valence-electron chi connectivity index (χ4n) is 3.20. The van der Waals surface area contributed by atoms with E-state index in [0.717, 1.165) is 0 Å². The van der Waals surface area contributed by atoms with Gasteiger partial charge in [-0.15, -0.1) is 0 Å². The molecule has 0 saturated carbocycles. The summed E-state index contributed by atoms with van der Waals surface area (Å²) in [7, 11) is 0. The van der Waals surface area contributed by atoms with Crippen molar-refractivity contribution in [2.45, 2.75) is 32.1 Å². The maximum Gasteiger partial charge on any atom is 0.387 e. The van der Waals surface area contributed by atoms with Crippen LogP contribution in [0.1, 0.15) is 18.9 Å². The number of halogens is 2. The van der Waals surface area contributed by atoms with Crippen LogP contribution in [0.15, 0.2) is 48.5 Å². The highest BCUT2D eigenvalue weighted by Gasteiger charge is 2.28. The van der Waals surface area contributed by atoms with E-state index in [1.165, 1.54) is 6.07 Å². The van der Waals surface area contributed by atoms with Gasteiger partial charge in [0.05, 0.1) is 17.3 Å². The number of nitrogens with one attached hydrogen (secondary N) is 1. The third-order valence-corrected chi connectivity index (χ3v) is 4.62. The van der Waals surface area contributed by atoms with Crippen molar-refractivity contribution in [2.75, 3.05) is 18.0 Å². The lowest BCUT2D eigenvalue weighted by atomic mass is 10.2. The molecule has 1 N–H and O–H groups in total. The van der Waals surface area contributed by atoms with Crippen molar-refractivity contribution in [1.29, 1.82) is 5.26 Å². The fraction of sp³-hybridized carbons (Fsp3) is 0.333. The lowest BCUT2D eigenvalue weighted by molar-refractivity contribution is -0.127. The van der Waals surface area contributed by atoms with Gasteiger partial charge in [0, 0.05) is 19.1 Å². The van der Waals surface area contributed by atoms with E-state index in [2.05, 4.69) is 10.1 Å². The van der Waals surface area contributed by atoms with Gasteiger partial charge in [0.15, 0.2) is 6.10 Å². The lowest BCUT2D eigenvalue weighted by Crippen LogP contribution is -2.43. The van der Waals surface area contributed by atoms with Crippen LogP contribution < -0.4 is 19.7 Å². The summed E-state index contributed by atoms with van der Waals surface area (Å²) in [6.07, 6.45) is -0.0374. The number of hydrogen-bond acceptors (Lipinski definition) is 5. The summed E-state index contributed by atoms with van der Waals surface area (Å²) in [5, 5.41) is 11.8. The Labute approximate surface area is 167 Å². The third-order valence-electron chi connectivity index (χ3n) is 4.62. The zero-order valence-corrected chi connectivity index (χ0v) is 15.8. The van der Waals surface area contributed by atoms with Crippen molar-refractivity contribution >= 4 is 11.6 Å². The molecule has 0 aliphatic carbocycles. The summed E-state index contributed by atoms with van der Waals surface area (Å²) in [4.78, 5) is 14.4. The molecule has 1 saturated heterocycles. The number of carbonyl (C=O) groups is 1. The average Bonchev–Trinajstić information content (AvgIpc) is 3.16. The topological polar surface area (TPSA) is 74.6 Å². The standard InChI is InChI=1S/C21H21F2N3O3/c1-14(28-17-8-6-15(12-24)7-9-17)20(27)25-16-10-11-26(13-16)18-4-2-3-5-19(18)29-21(22)23/h2-9,14,16,21H,10-11,13H2,1H3,(H,25,27). The second-order valence-corrected chi connectivity index (χ2v) is 6.68. The van der Waals surface area contributed by atoms with Gasteiger partial charge in [0.1, 0.15) is 11.5 Å². The first kappa shape index (κ1) is 20.4. The highest BCUT2D eigenvalue weighted by molar-refractivity contribution is 5.81. The molecule has 0 bridgehead atoms. The molecule has 1 heterocycles. The molecule has 2 unspecified atom stereocenters. The van der Waals surface area contributed by atoms with E-state index in [4.69, 9.17) is 10.00 Å². The van der Waals surface area contributed by atoms with Crippen LogP contribution in [0.3, 0.4) is 0 Å². The van der Waals surface area contributed by atoms with Gasteiger partial charge in [-0.1, -0.05) is 12.1 Å². The Morgan fingerprint density at radius 3 is 2.62 bits per heavy atom. The molecule has 3 rings (SSSR count). The number of nitrogens with zero attached hydrogens (tertiary/aromatic N) is 2. The molecule has 152 valence electrons. The van der Waals surface area contributed by atoms with Crippen molar-refractivity contribution < 1.29 is 23.0 Å². The first-order valence-corrected chi connectivity index (χ1v) is 9.22. The molecule has 0 radical (unpaired) electrons. The van der Waals surface area contributed by atoms with Gasteiger partial charge in [-0.2, -0.15) is 14.0 Å². The maximum absolute atomic E-state index is 12.6. The third kappa shape index (κ3) is 5.35. The minimum atomic E-state index is -2.89. The van der Waals surface area contributed by atoms with Crippen LogP contribution in [0.5, 0.6) is 11.5 Å². The van der Waals surface area contributed by atoms with Gasteiger partial charge < -0.3 is 19.7 Å². The number of hydrogen-bond donors (Lipinski definition) is 1. The molecule has 2 atom stereocenters. The van der Waals surface area contributed by atoms with Gasteiger partial charge in [-0.05, 0) is 49.7 Å². The van der Waals surface area contributed by atoms with Crippen LogP contribution in [0.2, 0.25) is 0 Å². The summed E-state index contributed by atoms with van der Waals surface area (Å²) in [5.41, 5.74) is 1.09. The fourth-order valence-corrected chi connectivity index (χ4v) is 3.20. The quantitative estimate of drug-likeness (QED) is 0.770. The number of rotatable bonds is 7. The monoisotopic (exact) mass is 401 g/mol. The molecule has 1 aliphatic rings. The number of nitriles is 1. The lowest BCUT2D eigenvalue weighted by Gasteiger charge is -2.22. The SMILES string of the molecule is CC(Oc1ccc(C#N)cc1)C(=O)NC1CCN(c2ccccc2OC(F)F)C1. The molecule has 0 spiro atoms. The zero-order valence-electron chi connectivity index (χ0n) is 15.8. The average molecular weight is 401 g/mol. The van der Waals surface area contributed by atoms with E-state index in [9.17, 15) is 13.6 Å². The number of amides is 1. The first-order chi connectivity index (χ1) is 14.0. The Balaban J connectivity index is 1.55. The molecule has 29 heavy (non-hydrogen) atoms. The van der Waals surface area contributed by atoms with Gasteiger partial charge in [-0.25, -0.2) is 0 Å². The molecule has 1 fully saturated rings. The van der Waals surface area contributed by atoms with E-state index < -0.39 is 12.7 Å². The van der Waals surface area contributed by atoms with Crippen molar-refractivity contribution in [2.24, 2.45) is 0 Å². The van der Waals surface area contributed by atoms with Crippen molar-refractivity contribution in [3.05, 3.63) is 54.1 Å². The van der Waals surface area contributed by atoms with Crippen LogP contribution >= 0.6 is 0 Å². The molecule has 2 aromatic carbocycles. The zero-order chi connectivity index (χ0) is 20.8. The molecule has 8 heteroatoms. The highest BCUT2D eigenvalue weighted by atomic mass is 19.3.